The van der Waals surface area contributed by atoms with Crippen LogP contribution in [-0.2, 0) is 15.0 Å². The molecule has 0 aliphatic carbocycles. The molecule has 2 aromatic rings. The van der Waals surface area contributed by atoms with Crippen molar-refractivity contribution in [1.82, 2.24) is 5.32 Å². The Balaban J connectivity index is 2.04. The number of carbonyl (C=O) groups is 2. The molecule has 2 heterocycles. The second kappa shape index (κ2) is 7.51. The van der Waals surface area contributed by atoms with Crippen molar-refractivity contribution >= 4 is 40.7 Å². The zero-order chi connectivity index (χ0) is 20.8. The van der Waals surface area contributed by atoms with Crippen molar-refractivity contribution in [3.63, 3.8) is 0 Å². The predicted molar refractivity (Wildman–Crippen MR) is 117 cm³/mol. The number of fused-ring (bicyclic) bond motifs is 2. The Kier molecular flexibility index (Phi) is 5.18. The van der Waals surface area contributed by atoms with Crippen LogP contribution in [0.5, 0.6) is 0 Å². The molecule has 6 heteroatoms. The van der Waals surface area contributed by atoms with Gasteiger partial charge in [0.05, 0.1) is 5.41 Å². The molecule has 2 aromatic carbocycles. The van der Waals surface area contributed by atoms with Gasteiger partial charge in [0, 0.05) is 40.5 Å². The van der Waals surface area contributed by atoms with Crippen molar-refractivity contribution < 1.29 is 9.59 Å². The van der Waals surface area contributed by atoms with Gasteiger partial charge in [0.1, 0.15) is 0 Å². The van der Waals surface area contributed by atoms with Crippen LogP contribution in [0.3, 0.4) is 0 Å². The molecule has 1 spiro atoms. The highest BCUT2D eigenvalue weighted by Gasteiger charge is 2.59. The van der Waals surface area contributed by atoms with Crippen LogP contribution in [0.4, 0.5) is 5.69 Å². The fourth-order valence-electron chi connectivity index (χ4n) is 4.88. The molecule has 2 N–H and O–H groups in total. The first kappa shape index (κ1) is 20.0. The summed E-state index contributed by atoms with van der Waals surface area (Å²) in [7, 11) is 0. The van der Waals surface area contributed by atoms with Crippen LogP contribution in [0.1, 0.15) is 37.3 Å². The number of amides is 2. The highest BCUT2D eigenvalue weighted by molar-refractivity contribution is 6.31. The smallest absolute Gasteiger partial charge is 0.236 e. The Bertz CT molecular complexity index is 1030. The number of benzene rings is 2. The van der Waals surface area contributed by atoms with Crippen LogP contribution in [0.25, 0.3) is 0 Å². The van der Waals surface area contributed by atoms with E-state index in [0.717, 1.165) is 16.7 Å². The lowest BCUT2D eigenvalue weighted by Gasteiger charge is -2.41. The largest absolute Gasteiger partial charge is 0.355 e. The summed E-state index contributed by atoms with van der Waals surface area (Å²) in [5.41, 5.74) is 2.57. The Morgan fingerprint density at radius 3 is 2.62 bits per heavy atom. The van der Waals surface area contributed by atoms with E-state index >= 15 is 0 Å². The molecule has 2 amide bonds. The standard InChI is InChI=1S/C23H22Cl2N2O2/c1-3-13(2)18-11-21(28)26-12-19(14-5-4-6-15(24)9-14)23(18)17-8-7-16(25)10-20(17)27-22(23)29/h3-10,18-19H,11-12H2,1-2H3,(H,26,28)(H,27,29)/b13-3+/t18-,19+,23+/m1/s1. The molecule has 4 rings (SSSR count). The summed E-state index contributed by atoms with van der Waals surface area (Å²) in [5.74, 6) is -0.742. The Morgan fingerprint density at radius 2 is 1.90 bits per heavy atom. The van der Waals surface area contributed by atoms with Gasteiger partial charge in [-0.3, -0.25) is 9.59 Å². The van der Waals surface area contributed by atoms with Gasteiger partial charge >= 0.3 is 0 Å². The maximum absolute atomic E-state index is 13.7. The molecule has 4 nitrogen and oxygen atoms in total. The average molecular weight is 429 g/mol. The minimum absolute atomic E-state index is 0.0599. The molecule has 0 unspecified atom stereocenters. The van der Waals surface area contributed by atoms with Gasteiger partial charge in [0.15, 0.2) is 0 Å². The normalized spacial score (nSPS) is 26.7. The van der Waals surface area contributed by atoms with Gasteiger partial charge in [-0.1, -0.05) is 53.1 Å². The van der Waals surface area contributed by atoms with E-state index in [1.807, 2.05) is 50.3 Å². The van der Waals surface area contributed by atoms with Gasteiger partial charge in [0.2, 0.25) is 11.8 Å². The average Bonchev–Trinajstić information content (AvgIpc) is 2.86. The fraction of sp³-hybridized carbons (Fsp3) is 0.304. The molecule has 150 valence electrons. The summed E-state index contributed by atoms with van der Waals surface area (Å²) < 4.78 is 0. The van der Waals surface area contributed by atoms with Gasteiger partial charge in [0.25, 0.3) is 0 Å². The maximum atomic E-state index is 13.7. The quantitative estimate of drug-likeness (QED) is 0.655. The molecule has 0 radical (unpaired) electrons. The third-order valence-electron chi connectivity index (χ3n) is 6.30. The minimum atomic E-state index is -0.944. The minimum Gasteiger partial charge on any atom is -0.355 e. The Labute approximate surface area is 180 Å². The predicted octanol–water partition coefficient (Wildman–Crippen LogP) is 5.07. The summed E-state index contributed by atoms with van der Waals surface area (Å²) in [4.78, 5) is 26.4. The molecule has 2 aliphatic rings. The van der Waals surface area contributed by atoms with Crippen molar-refractivity contribution in [3.8, 4) is 0 Å². The van der Waals surface area contributed by atoms with Crippen LogP contribution in [0.15, 0.2) is 54.1 Å². The summed E-state index contributed by atoms with van der Waals surface area (Å²) in [5, 5.41) is 7.22. The summed E-state index contributed by atoms with van der Waals surface area (Å²) in [6.45, 7) is 4.28. The molecule has 1 fully saturated rings. The number of allylic oxidation sites excluding steroid dienone is 2. The SMILES string of the molecule is C/C=C(\C)[C@H]1CC(=O)NC[C@@H](c2cccc(Cl)c2)[C@@]12C(=O)Nc1cc(Cl)ccc12. The van der Waals surface area contributed by atoms with Crippen molar-refractivity contribution in [3.05, 3.63) is 75.3 Å². The molecule has 3 atom stereocenters. The number of anilines is 1. The molecular formula is C23H22Cl2N2O2. The summed E-state index contributed by atoms with van der Waals surface area (Å²) >= 11 is 12.5. The van der Waals surface area contributed by atoms with Crippen molar-refractivity contribution in [2.24, 2.45) is 5.92 Å². The van der Waals surface area contributed by atoms with Crippen LogP contribution in [-0.4, -0.2) is 18.4 Å². The van der Waals surface area contributed by atoms with Gasteiger partial charge in [-0.2, -0.15) is 0 Å². The van der Waals surface area contributed by atoms with Gasteiger partial charge in [-0.25, -0.2) is 0 Å². The Hall–Kier alpha value is -2.30. The number of hydrogen-bond donors (Lipinski definition) is 2. The molecular weight excluding hydrogens is 407 g/mol. The third-order valence-corrected chi connectivity index (χ3v) is 6.77. The first-order chi connectivity index (χ1) is 13.9. The first-order valence-corrected chi connectivity index (χ1v) is 10.4. The van der Waals surface area contributed by atoms with Gasteiger partial charge in [-0.05, 0) is 49.2 Å². The number of carbonyl (C=O) groups excluding carboxylic acids is 2. The highest BCUT2D eigenvalue weighted by atomic mass is 35.5. The van der Waals surface area contributed by atoms with Gasteiger partial charge < -0.3 is 10.6 Å². The molecule has 29 heavy (non-hydrogen) atoms. The van der Waals surface area contributed by atoms with Gasteiger partial charge in [-0.15, -0.1) is 0 Å². The first-order valence-electron chi connectivity index (χ1n) is 9.64. The number of halogens is 2. The lowest BCUT2D eigenvalue weighted by molar-refractivity contribution is -0.124. The van der Waals surface area contributed by atoms with E-state index < -0.39 is 5.41 Å². The molecule has 0 bridgehead atoms. The number of nitrogens with one attached hydrogen (secondary N) is 2. The summed E-state index contributed by atoms with van der Waals surface area (Å²) in [6, 6.07) is 13.0. The molecule has 1 saturated heterocycles. The van der Waals surface area contributed by atoms with E-state index in [0.29, 0.717) is 22.3 Å². The highest BCUT2D eigenvalue weighted by Crippen LogP contribution is 2.55. The van der Waals surface area contributed by atoms with E-state index in [1.165, 1.54) is 0 Å². The van der Waals surface area contributed by atoms with E-state index in [4.69, 9.17) is 23.2 Å². The van der Waals surface area contributed by atoms with E-state index in [9.17, 15) is 9.59 Å². The zero-order valence-corrected chi connectivity index (χ0v) is 17.8. The maximum Gasteiger partial charge on any atom is 0.236 e. The summed E-state index contributed by atoms with van der Waals surface area (Å²) in [6.07, 6.45) is 2.23. The Morgan fingerprint density at radius 1 is 1.14 bits per heavy atom. The monoisotopic (exact) mass is 428 g/mol. The van der Waals surface area contributed by atoms with Crippen molar-refractivity contribution in [2.45, 2.75) is 31.6 Å². The molecule has 2 aliphatic heterocycles. The topological polar surface area (TPSA) is 58.2 Å². The van der Waals surface area contributed by atoms with Crippen LogP contribution in [0.2, 0.25) is 10.0 Å². The van der Waals surface area contributed by atoms with Crippen molar-refractivity contribution in [1.29, 1.82) is 0 Å². The molecule has 0 saturated carbocycles. The van der Waals surface area contributed by atoms with E-state index in [1.54, 1.807) is 12.1 Å². The zero-order valence-electron chi connectivity index (χ0n) is 16.3. The molecule has 0 aromatic heterocycles. The second-order valence-corrected chi connectivity index (χ2v) is 8.59. The lowest BCUT2D eigenvalue weighted by Crippen LogP contribution is -2.48. The van der Waals surface area contributed by atoms with Crippen molar-refractivity contribution in [2.75, 3.05) is 11.9 Å². The van der Waals surface area contributed by atoms with E-state index in [-0.39, 0.29) is 30.1 Å². The van der Waals surface area contributed by atoms with Crippen LogP contribution < -0.4 is 10.6 Å². The lowest BCUT2D eigenvalue weighted by atomic mass is 9.59. The third kappa shape index (κ3) is 3.15. The number of hydrogen-bond acceptors (Lipinski definition) is 2. The van der Waals surface area contributed by atoms with E-state index in [2.05, 4.69) is 10.6 Å². The van der Waals surface area contributed by atoms with Crippen LogP contribution >= 0.6 is 23.2 Å². The van der Waals surface area contributed by atoms with Crippen LogP contribution in [0, 0.1) is 5.92 Å². The fourth-order valence-corrected chi connectivity index (χ4v) is 5.26. The second-order valence-electron chi connectivity index (χ2n) is 7.71. The number of rotatable bonds is 2.